The van der Waals surface area contributed by atoms with Crippen LogP contribution in [0.4, 0.5) is 0 Å². The van der Waals surface area contributed by atoms with Crippen LogP contribution in [0.1, 0.15) is 37.7 Å². The number of ketones is 2. The number of Topliss-reactive ketones (excluding diaryl/α,β-unsaturated/α-hetero) is 2. The zero-order valence-corrected chi connectivity index (χ0v) is 20.1. The molecule has 0 saturated carbocycles. The SMILES string of the molecule is NCOCOCCC(=O)CC#Cc1cc2ncn(CC(=O)C[C@H]3NCCC[C@@H]3O)c(=O)c2cc1Cl. The fraction of sp³-hybridized carbons (Fsp3) is 0.500. The number of nitrogens with two attached hydrogens (primary N) is 1. The molecule has 1 aliphatic rings. The van der Waals surface area contributed by atoms with E-state index >= 15 is 0 Å². The summed E-state index contributed by atoms with van der Waals surface area (Å²) in [5, 5.41) is 13.7. The fourth-order valence-electron chi connectivity index (χ4n) is 3.71. The molecule has 1 fully saturated rings. The molecule has 11 heteroatoms. The van der Waals surface area contributed by atoms with Crippen LogP contribution in [0.25, 0.3) is 10.9 Å². The van der Waals surface area contributed by atoms with E-state index < -0.39 is 11.7 Å². The monoisotopic (exact) mass is 504 g/mol. The molecule has 3 rings (SSSR count). The van der Waals surface area contributed by atoms with Crippen LogP contribution in [0.3, 0.4) is 0 Å². The quantitative estimate of drug-likeness (QED) is 0.229. The maximum absolute atomic E-state index is 12.9. The predicted octanol–water partition coefficient (Wildman–Crippen LogP) is 0.730. The number of hydrogen-bond acceptors (Lipinski definition) is 9. The third-order valence-electron chi connectivity index (χ3n) is 5.57. The smallest absolute Gasteiger partial charge is 0.261 e. The first-order valence-corrected chi connectivity index (χ1v) is 11.7. The number of aliphatic hydroxyl groups is 1. The lowest BCUT2D eigenvalue weighted by Gasteiger charge is -2.28. The van der Waals surface area contributed by atoms with Gasteiger partial charge in [-0.25, -0.2) is 4.98 Å². The third kappa shape index (κ3) is 7.93. The highest BCUT2D eigenvalue weighted by atomic mass is 35.5. The molecule has 0 amide bonds. The minimum absolute atomic E-state index is 0.0250. The number of aromatic nitrogens is 2. The molecule has 1 aromatic carbocycles. The molecule has 188 valence electrons. The second-order valence-corrected chi connectivity index (χ2v) is 8.61. The van der Waals surface area contributed by atoms with Gasteiger partial charge in [0.25, 0.3) is 5.56 Å². The highest BCUT2D eigenvalue weighted by Gasteiger charge is 2.25. The molecule has 0 aliphatic carbocycles. The topological polar surface area (TPSA) is 146 Å². The standard InChI is InChI=1S/C24H29ClN4O6/c25-20-11-19-21(9-16(20)3-1-4-17(30)6-8-34-15-35-13-26)28-14-29(24(19)33)12-18(31)10-22-23(32)5-2-7-27-22/h9,11,14,22-23,27,32H,2,4-8,10,12-13,15,26H2/t22-,23+/m1/s1. The minimum atomic E-state index is -0.572. The highest BCUT2D eigenvalue weighted by Crippen LogP contribution is 2.20. The van der Waals surface area contributed by atoms with Crippen molar-refractivity contribution in [2.24, 2.45) is 5.73 Å². The number of carbonyl (C=O) groups is 2. The van der Waals surface area contributed by atoms with Crippen LogP contribution in [0.2, 0.25) is 5.02 Å². The normalized spacial score (nSPS) is 17.7. The van der Waals surface area contributed by atoms with E-state index in [0.717, 1.165) is 13.0 Å². The summed E-state index contributed by atoms with van der Waals surface area (Å²) in [5.41, 5.74) is 5.60. The average Bonchev–Trinajstić information content (AvgIpc) is 2.83. The summed E-state index contributed by atoms with van der Waals surface area (Å²) in [6, 6.07) is 2.75. The number of hydrogen-bond donors (Lipinski definition) is 3. The van der Waals surface area contributed by atoms with Gasteiger partial charge < -0.3 is 25.6 Å². The summed E-state index contributed by atoms with van der Waals surface area (Å²) in [5.74, 6) is 5.35. The molecule has 35 heavy (non-hydrogen) atoms. The van der Waals surface area contributed by atoms with E-state index in [2.05, 4.69) is 22.1 Å². The van der Waals surface area contributed by atoms with E-state index in [9.17, 15) is 19.5 Å². The minimum Gasteiger partial charge on any atom is -0.391 e. The Morgan fingerprint density at radius 2 is 2.14 bits per heavy atom. The van der Waals surface area contributed by atoms with Crippen molar-refractivity contribution in [3.8, 4) is 11.8 Å². The van der Waals surface area contributed by atoms with E-state index in [1.54, 1.807) is 6.07 Å². The molecule has 1 aliphatic heterocycles. The van der Waals surface area contributed by atoms with Crippen molar-refractivity contribution in [1.82, 2.24) is 14.9 Å². The van der Waals surface area contributed by atoms with Gasteiger partial charge in [-0.1, -0.05) is 23.4 Å². The van der Waals surface area contributed by atoms with E-state index in [4.69, 9.17) is 26.8 Å². The Hall–Kier alpha value is -2.65. The van der Waals surface area contributed by atoms with Gasteiger partial charge >= 0.3 is 0 Å². The van der Waals surface area contributed by atoms with Crippen LogP contribution < -0.4 is 16.6 Å². The molecule has 1 saturated heterocycles. The summed E-state index contributed by atoms with van der Waals surface area (Å²) in [4.78, 5) is 41.6. The van der Waals surface area contributed by atoms with Gasteiger partial charge in [-0.05, 0) is 31.5 Å². The Labute approximate surface area is 207 Å². The van der Waals surface area contributed by atoms with Crippen LogP contribution in [-0.2, 0) is 25.6 Å². The van der Waals surface area contributed by atoms with Gasteiger partial charge in [0.05, 0.1) is 54.7 Å². The van der Waals surface area contributed by atoms with Crippen molar-refractivity contribution in [1.29, 1.82) is 0 Å². The Bertz CT molecular complexity index is 1170. The summed E-state index contributed by atoms with van der Waals surface area (Å²) in [6.07, 6.45) is 2.62. The first-order chi connectivity index (χ1) is 16.9. The van der Waals surface area contributed by atoms with Gasteiger partial charge in [0.2, 0.25) is 0 Å². The zero-order chi connectivity index (χ0) is 25.2. The average molecular weight is 505 g/mol. The number of halogens is 1. The van der Waals surface area contributed by atoms with Crippen molar-refractivity contribution in [3.63, 3.8) is 0 Å². The third-order valence-corrected chi connectivity index (χ3v) is 5.89. The molecular formula is C24H29ClN4O6. The van der Waals surface area contributed by atoms with Crippen LogP contribution >= 0.6 is 11.6 Å². The Kier molecular flexibility index (Phi) is 10.3. The van der Waals surface area contributed by atoms with Gasteiger partial charge in [0.1, 0.15) is 12.6 Å². The number of benzene rings is 1. The van der Waals surface area contributed by atoms with Crippen molar-refractivity contribution in [3.05, 3.63) is 39.4 Å². The van der Waals surface area contributed by atoms with Crippen LogP contribution in [0, 0.1) is 11.8 Å². The molecule has 0 radical (unpaired) electrons. The summed E-state index contributed by atoms with van der Waals surface area (Å²) in [6.45, 7) is 0.912. The molecule has 10 nitrogen and oxygen atoms in total. The summed E-state index contributed by atoms with van der Waals surface area (Å²) >= 11 is 6.32. The largest absolute Gasteiger partial charge is 0.391 e. The van der Waals surface area contributed by atoms with Gasteiger partial charge in [-0.3, -0.25) is 19.0 Å². The lowest BCUT2D eigenvalue weighted by Crippen LogP contribution is -2.46. The second kappa shape index (κ2) is 13.4. The van der Waals surface area contributed by atoms with Crippen LogP contribution in [0.5, 0.6) is 0 Å². The maximum atomic E-state index is 12.9. The van der Waals surface area contributed by atoms with E-state index in [1.165, 1.54) is 17.0 Å². The molecular weight excluding hydrogens is 476 g/mol. The van der Waals surface area contributed by atoms with Crippen LogP contribution in [-0.4, -0.2) is 65.0 Å². The number of nitrogens with zero attached hydrogens (tertiary/aromatic N) is 2. The van der Waals surface area contributed by atoms with E-state index in [0.29, 0.717) is 17.5 Å². The molecule has 4 N–H and O–H groups in total. The first kappa shape index (κ1) is 26.9. The van der Waals surface area contributed by atoms with Crippen molar-refractivity contribution < 1.29 is 24.2 Å². The number of carbonyl (C=O) groups excluding carboxylic acids is 2. The van der Waals surface area contributed by atoms with Gasteiger partial charge in [0.15, 0.2) is 5.78 Å². The molecule has 2 heterocycles. The molecule has 1 aromatic heterocycles. The molecule has 0 spiro atoms. The number of rotatable bonds is 11. The summed E-state index contributed by atoms with van der Waals surface area (Å²) < 4.78 is 11.1. The Morgan fingerprint density at radius 1 is 1.31 bits per heavy atom. The second-order valence-electron chi connectivity index (χ2n) is 8.20. The number of piperidine rings is 1. The molecule has 0 bridgehead atoms. The number of aliphatic hydroxyl groups excluding tert-OH is 1. The lowest BCUT2D eigenvalue weighted by molar-refractivity contribution is -0.121. The highest BCUT2D eigenvalue weighted by molar-refractivity contribution is 6.32. The van der Waals surface area contributed by atoms with Gasteiger partial charge in [-0.2, -0.15) is 0 Å². The molecule has 2 aromatic rings. The van der Waals surface area contributed by atoms with Crippen LogP contribution in [0.15, 0.2) is 23.3 Å². The Balaban J connectivity index is 1.63. The number of ether oxygens (including phenoxy) is 2. The number of nitrogens with one attached hydrogen (secondary N) is 1. The first-order valence-electron chi connectivity index (χ1n) is 11.4. The van der Waals surface area contributed by atoms with E-state index in [-0.39, 0.29) is 74.0 Å². The van der Waals surface area contributed by atoms with Gasteiger partial charge in [-0.15, -0.1) is 0 Å². The fourth-order valence-corrected chi connectivity index (χ4v) is 3.92. The number of fused-ring (bicyclic) bond motifs is 1. The molecule has 0 unspecified atom stereocenters. The van der Waals surface area contributed by atoms with E-state index in [1.807, 2.05) is 0 Å². The van der Waals surface area contributed by atoms with Crippen molar-refractivity contribution in [2.45, 2.75) is 50.8 Å². The van der Waals surface area contributed by atoms with Crippen molar-refractivity contribution >= 4 is 34.1 Å². The lowest BCUT2D eigenvalue weighted by atomic mass is 9.97. The zero-order valence-electron chi connectivity index (χ0n) is 19.3. The maximum Gasteiger partial charge on any atom is 0.261 e. The summed E-state index contributed by atoms with van der Waals surface area (Å²) in [7, 11) is 0. The van der Waals surface area contributed by atoms with Gasteiger partial charge in [0, 0.05) is 24.4 Å². The molecule has 2 atom stereocenters. The predicted molar refractivity (Wildman–Crippen MR) is 130 cm³/mol. The Morgan fingerprint density at radius 3 is 2.91 bits per heavy atom. The van der Waals surface area contributed by atoms with Crippen molar-refractivity contribution in [2.75, 3.05) is 26.7 Å².